The van der Waals surface area contributed by atoms with Gasteiger partial charge in [-0.05, 0) is 50.1 Å². The molecule has 2 N–H and O–H groups in total. The third-order valence-electron chi connectivity index (χ3n) is 6.58. The first-order chi connectivity index (χ1) is 16.4. The minimum atomic E-state index is -3.54. The molecule has 0 aliphatic carbocycles. The van der Waals surface area contributed by atoms with E-state index in [0.29, 0.717) is 44.0 Å². The molecule has 0 saturated carbocycles. The quantitative estimate of drug-likeness (QED) is 0.577. The van der Waals surface area contributed by atoms with E-state index in [1.165, 1.54) is 0 Å². The van der Waals surface area contributed by atoms with E-state index in [4.69, 9.17) is 15.5 Å². The summed E-state index contributed by atoms with van der Waals surface area (Å²) in [6.45, 7) is 4.57. The number of para-hydroxylation sites is 2. The molecular weight excluding hydrogens is 454 g/mol. The van der Waals surface area contributed by atoms with Crippen LogP contribution >= 0.6 is 0 Å². The van der Waals surface area contributed by atoms with Gasteiger partial charge in [0.1, 0.15) is 11.6 Å². The SMILES string of the molecule is CCn1c(CN2CC(C(N)=O)Oc3ccccc32)nc2cc(S(=O)(=O)N3CCCCC3)ccc21. The van der Waals surface area contributed by atoms with Gasteiger partial charge in [0, 0.05) is 19.6 Å². The highest BCUT2D eigenvalue weighted by Crippen LogP contribution is 2.34. The van der Waals surface area contributed by atoms with Crippen molar-refractivity contribution in [3.63, 3.8) is 0 Å². The number of anilines is 1. The Morgan fingerprint density at radius 2 is 1.91 bits per heavy atom. The first-order valence-electron chi connectivity index (χ1n) is 11.7. The zero-order chi connectivity index (χ0) is 23.9. The Kier molecular flexibility index (Phi) is 5.95. The van der Waals surface area contributed by atoms with Crippen LogP contribution in [0.2, 0.25) is 0 Å². The Bertz CT molecular complexity index is 1330. The fraction of sp³-hybridized carbons (Fsp3) is 0.417. The number of aryl methyl sites for hydroxylation is 1. The van der Waals surface area contributed by atoms with Crippen molar-refractivity contribution in [2.75, 3.05) is 24.5 Å². The van der Waals surface area contributed by atoms with Gasteiger partial charge < -0.3 is 19.9 Å². The summed E-state index contributed by atoms with van der Waals surface area (Å²) in [5.74, 6) is 0.868. The number of nitrogens with two attached hydrogens (primary N) is 1. The van der Waals surface area contributed by atoms with E-state index in [1.54, 1.807) is 16.4 Å². The largest absolute Gasteiger partial charge is 0.477 e. The number of fused-ring (bicyclic) bond motifs is 2. The van der Waals surface area contributed by atoms with Crippen LogP contribution in [0.3, 0.4) is 0 Å². The van der Waals surface area contributed by atoms with Crippen LogP contribution < -0.4 is 15.4 Å². The summed E-state index contributed by atoms with van der Waals surface area (Å²) in [7, 11) is -3.54. The molecule has 1 unspecified atom stereocenters. The molecular formula is C24H29N5O4S. The normalized spacial score (nSPS) is 19.1. The molecule has 34 heavy (non-hydrogen) atoms. The maximum atomic E-state index is 13.2. The fourth-order valence-electron chi connectivity index (χ4n) is 4.82. The third-order valence-corrected chi connectivity index (χ3v) is 8.47. The Morgan fingerprint density at radius 1 is 1.15 bits per heavy atom. The van der Waals surface area contributed by atoms with E-state index in [1.807, 2.05) is 42.2 Å². The molecule has 1 fully saturated rings. The standard InChI is InChI=1S/C24H29N5O4S/c1-2-29-19-11-10-17(34(31,32)28-12-6-3-7-13-28)14-18(19)26-23(29)16-27-15-22(24(25)30)33-21-9-5-4-8-20(21)27/h4-5,8-11,14,22H,2-3,6-7,12-13,15-16H2,1H3,(H2,25,30). The minimum absolute atomic E-state index is 0.278. The van der Waals surface area contributed by atoms with Gasteiger partial charge in [-0.25, -0.2) is 13.4 Å². The van der Waals surface area contributed by atoms with Gasteiger partial charge in [-0.15, -0.1) is 0 Å². The Balaban J connectivity index is 1.50. The number of primary amides is 1. The number of amides is 1. The molecule has 3 aromatic rings. The van der Waals surface area contributed by atoms with Crippen LogP contribution in [0.4, 0.5) is 5.69 Å². The molecule has 10 heteroatoms. The van der Waals surface area contributed by atoms with Gasteiger partial charge in [-0.1, -0.05) is 18.6 Å². The lowest BCUT2D eigenvalue weighted by Gasteiger charge is -2.34. The number of piperidine rings is 1. The average molecular weight is 484 g/mol. The second-order valence-corrected chi connectivity index (χ2v) is 10.7. The van der Waals surface area contributed by atoms with Gasteiger partial charge in [0.25, 0.3) is 5.91 Å². The highest BCUT2D eigenvalue weighted by molar-refractivity contribution is 7.89. The van der Waals surface area contributed by atoms with Crippen molar-refractivity contribution in [2.24, 2.45) is 5.73 Å². The summed E-state index contributed by atoms with van der Waals surface area (Å²) in [5, 5.41) is 0. The van der Waals surface area contributed by atoms with Crippen LogP contribution in [0.5, 0.6) is 5.75 Å². The van der Waals surface area contributed by atoms with Crippen LogP contribution in [-0.4, -0.2) is 53.9 Å². The third kappa shape index (κ3) is 4.01. The van der Waals surface area contributed by atoms with E-state index >= 15 is 0 Å². The van der Waals surface area contributed by atoms with E-state index < -0.39 is 22.0 Å². The van der Waals surface area contributed by atoms with Gasteiger partial charge in [-0.3, -0.25) is 4.79 Å². The Morgan fingerprint density at radius 3 is 2.65 bits per heavy atom. The molecule has 2 aromatic carbocycles. The summed E-state index contributed by atoms with van der Waals surface area (Å²) in [5.41, 5.74) is 7.93. The smallest absolute Gasteiger partial charge is 0.260 e. The van der Waals surface area contributed by atoms with Gasteiger partial charge in [0.05, 0.1) is 34.7 Å². The number of rotatable bonds is 6. The highest BCUT2D eigenvalue weighted by Gasteiger charge is 2.31. The van der Waals surface area contributed by atoms with Gasteiger partial charge in [0.2, 0.25) is 10.0 Å². The van der Waals surface area contributed by atoms with Crippen molar-refractivity contribution in [3.05, 3.63) is 48.3 Å². The van der Waals surface area contributed by atoms with Crippen molar-refractivity contribution in [2.45, 2.75) is 50.3 Å². The van der Waals surface area contributed by atoms with E-state index in [-0.39, 0.29) is 4.90 Å². The number of hydrogen-bond acceptors (Lipinski definition) is 6. The molecule has 3 heterocycles. The molecule has 0 radical (unpaired) electrons. The molecule has 1 amide bonds. The second kappa shape index (κ2) is 8.92. The maximum absolute atomic E-state index is 13.2. The fourth-order valence-corrected chi connectivity index (χ4v) is 6.36. The summed E-state index contributed by atoms with van der Waals surface area (Å²) < 4.78 is 35.8. The highest BCUT2D eigenvalue weighted by atomic mass is 32.2. The molecule has 1 aromatic heterocycles. The van der Waals surface area contributed by atoms with Crippen molar-refractivity contribution < 1.29 is 17.9 Å². The zero-order valence-electron chi connectivity index (χ0n) is 19.2. The molecule has 2 aliphatic rings. The predicted octanol–water partition coefficient (Wildman–Crippen LogP) is 2.48. The second-order valence-electron chi connectivity index (χ2n) is 8.74. The van der Waals surface area contributed by atoms with E-state index in [9.17, 15) is 13.2 Å². The monoisotopic (exact) mass is 483 g/mol. The Labute approximate surface area is 199 Å². The number of carbonyl (C=O) groups is 1. The van der Waals surface area contributed by atoms with Crippen molar-refractivity contribution in [1.29, 1.82) is 0 Å². The van der Waals surface area contributed by atoms with Crippen LogP contribution in [0.1, 0.15) is 32.0 Å². The molecule has 0 bridgehead atoms. The minimum Gasteiger partial charge on any atom is -0.477 e. The molecule has 1 saturated heterocycles. The van der Waals surface area contributed by atoms with Crippen LogP contribution in [0.15, 0.2) is 47.4 Å². The van der Waals surface area contributed by atoms with Crippen LogP contribution in [0, 0.1) is 0 Å². The molecule has 2 aliphatic heterocycles. The molecule has 180 valence electrons. The molecule has 1 atom stereocenters. The first-order valence-corrected chi connectivity index (χ1v) is 13.1. The predicted molar refractivity (Wildman–Crippen MR) is 129 cm³/mol. The number of sulfonamides is 1. The van der Waals surface area contributed by atoms with Crippen molar-refractivity contribution >= 4 is 32.7 Å². The summed E-state index contributed by atoms with van der Waals surface area (Å²) in [6.07, 6.45) is 2.10. The number of aromatic nitrogens is 2. The summed E-state index contributed by atoms with van der Waals surface area (Å²) >= 11 is 0. The lowest BCUT2D eigenvalue weighted by molar-refractivity contribution is -0.124. The van der Waals surface area contributed by atoms with Gasteiger partial charge in [0.15, 0.2) is 6.10 Å². The number of ether oxygens (including phenoxy) is 1. The van der Waals surface area contributed by atoms with E-state index in [0.717, 1.165) is 36.3 Å². The average Bonchev–Trinajstić information content (AvgIpc) is 3.20. The topological polar surface area (TPSA) is 111 Å². The maximum Gasteiger partial charge on any atom is 0.260 e. The number of nitrogens with zero attached hydrogens (tertiary/aromatic N) is 4. The van der Waals surface area contributed by atoms with Gasteiger partial charge >= 0.3 is 0 Å². The van der Waals surface area contributed by atoms with Crippen molar-refractivity contribution in [1.82, 2.24) is 13.9 Å². The van der Waals surface area contributed by atoms with Gasteiger partial charge in [-0.2, -0.15) is 4.31 Å². The number of carbonyl (C=O) groups excluding carboxylic acids is 1. The first kappa shape index (κ1) is 22.7. The molecule has 0 spiro atoms. The molecule has 9 nitrogen and oxygen atoms in total. The van der Waals surface area contributed by atoms with Crippen molar-refractivity contribution in [3.8, 4) is 5.75 Å². The van der Waals surface area contributed by atoms with E-state index in [2.05, 4.69) is 4.57 Å². The molecule has 5 rings (SSSR count). The zero-order valence-corrected chi connectivity index (χ0v) is 20.0. The number of benzene rings is 2. The lowest BCUT2D eigenvalue weighted by Crippen LogP contribution is -2.47. The summed E-state index contributed by atoms with van der Waals surface area (Å²) in [4.78, 5) is 19.0. The lowest BCUT2D eigenvalue weighted by atomic mass is 10.2. The Hall–Kier alpha value is -3.11. The number of hydrogen-bond donors (Lipinski definition) is 1. The number of imidazole rings is 1. The van der Waals surface area contributed by atoms with Crippen LogP contribution in [-0.2, 0) is 27.9 Å². The van der Waals surface area contributed by atoms with Crippen LogP contribution in [0.25, 0.3) is 11.0 Å². The summed E-state index contributed by atoms with van der Waals surface area (Å²) in [6, 6.07) is 12.7.